The van der Waals surface area contributed by atoms with Crippen LogP contribution in [0.15, 0.2) is 64.4 Å². The number of hydrogen-bond donors (Lipinski definition) is 2. The molecule has 7 nitrogen and oxygen atoms in total. The maximum atomic E-state index is 12.6. The Bertz CT molecular complexity index is 1170. The molecule has 3 rings (SSSR count). The van der Waals surface area contributed by atoms with E-state index < -0.39 is 21.0 Å². The molecule has 3 aromatic rings. The van der Waals surface area contributed by atoms with Crippen molar-refractivity contribution in [2.45, 2.75) is 30.9 Å². The van der Waals surface area contributed by atoms with Crippen molar-refractivity contribution in [1.82, 2.24) is 9.55 Å². The van der Waals surface area contributed by atoms with E-state index in [0.717, 1.165) is 0 Å². The Morgan fingerprint density at radius 3 is 2.29 bits per heavy atom. The van der Waals surface area contributed by atoms with Crippen LogP contribution < -0.4 is 11.0 Å². The van der Waals surface area contributed by atoms with Gasteiger partial charge < -0.3 is 10.3 Å². The first-order valence-electron chi connectivity index (χ1n) is 8.73. The Balaban J connectivity index is 1.90. The first-order chi connectivity index (χ1) is 13.2. The van der Waals surface area contributed by atoms with Gasteiger partial charge in [-0.1, -0.05) is 12.1 Å². The zero-order valence-electron chi connectivity index (χ0n) is 15.8. The predicted molar refractivity (Wildman–Crippen MR) is 108 cm³/mol. The number of anilines is 1. The van der Waals surface area contributed by atoms with Crippen LogP contribution in [0.2, 0.25) is 0 Å². The number of aromatic amines is 1. The van der Waals surface area contributed by atoms with Crippen LogP contribution in [0.25, 0.3) is 5.69 Å². The van der Waals surface area contributed by atoms with Crippen molar-refractivity contribution in [3.63, 3.8) is 0 Å². The van der Waals surface area contributed by atoms with Crippen LogP contribution in [0.1, 0.15) is 29.9 Å². The van der Waals surface area contributed by atoms with Gasteiger partial charge in [0.15, 0.2) is 9.84 Å². The van der Waals surface area contributed by atoms with Gasteiger partial charge in [-0.3, -0.25) is 9.36 Å². The molecule has 0 atom stereocenters. The maximum absolute atomic E-state index is 12.6. The number of nitrogens with zero attached hydrogens (tertiary/aromatic N) is 1. The van der Waals surface area contributed by atoms with Crippen LogP contribution >= 0.6 is 0 Å². The molecular weight excluding hydrogens is 378 g/mol. The van der Waals surface area contributed by atoms with Crippen LogP contribution in [-0.2, 0) is 9.84 Å². The smallest absolute Gasteiger partial charge is 0.320 e. The van der Waals surface area contributed by atoms with Gasteiger partial charge in [0.2, 0.25) is 0 Å². The fourth-order valence-corrected chi connectivity index (χ4v) is 3.85. The van der Waals surface area contributed by atoms with Gasteiger partial charge in [0.25, 0.3) is 5.91 Å². The van der Waals surface area contributed by atoms with Crippen molar-refractivity contribution >= 4 is 21.4 Å². The summed E-state index contributed by atoms with van der Waals surface area (Å²) in [5.41, 5.74) is 1.72. The SMILES string of the molecule is Cc1c[nH]c(=O)n1-c1ccccc1NC(=O)c1ccc(S(=O)(=O)C(C)C)cc1. The number of aromatic nitrogens is 2. The number of rotatable bonds is 5. The van der Waals surface area contributed by atoms with Gasteiger partial charge in [0.05, 0.1) is 21.5 Å². The van der Waals surface area contributed by atoms with Gasteiger partial charge >= 0.3 is 5.69 Å². The number of nitrogens with one attached hydrogen (secondary N) is 2. The molecule has 0 unspecified atom stereocenters. The fourth-order valence-electron chi connectivity index (χ4n) is 2.79. The summed E-state index contributed by atoms with van der Waals surface area (Å²) in [7, 11) is -3.40. The molecule has 1 aromatic heterocycles. The summed E-state index contributed by atoms with van der Waals surface area (Å²) < 4.78 is 25.9. The number of sulfone groups is 1. The Kier molecular flexibility index (Phi) is 5.24. The Hall–Kier alpha value is -3.13. The third-order valence-electron chi connectivity index (χ3n) is 4.42. The number of carbonyl (C=O) groups excluding carboxylic acids is 1. The summed E-state index contributed by atoms with van der Waals surface area (Å²) in [6, 6.07) is 12.8. The van der Waals surface area contributed by atoms with Gasteiger partial charge in [-0.15, -0.1) is 0 Å². The molecule has 0 spiro atoms. The molecule has 28 heavy (non-hydrogen) atoms. The molecule has 0 aliphatic carbocycles. The van der Waals surface area contributed by atoms with Crippen molar-refractivity contribution in [2.24, 2.45) is 0 Å². The number of para-hydroxylation sites is 2. The standard InChI is InChI=1S/C20H21N3O4S/c1-13(2)28(26,27)16-10-8-15(9-11-16)19(24)22-17-6-4-5-7-18(17)23-14(3)12-21-20(23)25/h4-13H,1-3H3,(H,21,25)(H,22,24). The quantitative estimate of drug-likeness (QED) is 0.689. The lowest BCUT2D eigenvalue weighted by Gasteiger charge is -2.13. The van der Waals surface area contributed by atoms with Gasteiger partial charge in [-0.25, -0.2) is 13.2 Å². The second kappa shape index (κ2) is 7.47. The third kappa shape index (κ3) is 3.63. The van der Waals surface area contributed by atoms with Crippen molar-refractivity contribution in [3.8, 4) is 5.69 Å². The molecule has 146 valence electrons. The van der Waals surface area contributed by atoms with E-state index in [2.05, 4.69) is 10.3 Å². The number of hydrogen-bond acceptors (Lipinski definition) is 4. The highest BCUT2D eigenvalue weighted by molar-refractivity contribution is 7.92. The summed E-state index contributed by atoms with van der Waals surface area (Å²) in [6.45, 7) is 5.00. The first kappa shape index (κ1) is 19.6. The zero-order chi connectivity index (χ0) is 20.5. The summed E-state index contributed by atoms with van der Waals surface area (Å²) in [5, 5.41) is 2.25. The third-order valence-corrected chi connectivity index (χ3v) is 6.59. The first-order valence-corrected chi connectivity index (χ1v) is 10.3. The van der Waals surface area contributed by atoms with Gasteiger partial charge in [-0.2, -0.15) is 0 Å². The Morgan fingerprint density at radius 2 is 1.71 bits per heavy atom. The lowest BCUT2D eigenvalue weighted by molar-refractivity contribution is 0.102. The van der Waals surface area contributed by atoms with Crippen LogP contribution in [0.4, 0.5) is 5.69 Å². The monoisotopic (exact) mass is 399 g/mol. The summed E-state index contributed by atoms with van der Waals surface area (Å²) in [5.74, 6) is -0.401. The predicted octanol–water partition coefficient (Wildman–Crippen LogP) is 2.91. The lowest BCUT2D eigenvalue weighted by Crippen LogP contribution is -2.20. The van der Waals surface area contributed by atoms with Crippen molar-refractivity contribution in [2.75, 3.05) is 5.32 Å². The van der Waals surface area contributed by atoms with Crippen molar-refractivity contribution < 1.29 is 13.2 Å². The van der Waals surface area contributed by atoms with E-state index in [1.165, 1.54) is 28.8 Å². The van der Waals surface area contributed by atoms with Gasteiger partial charge in [-0.05, 0) is 57.2 Å². The minimum Gasteiger partial charge on any atom is -0.320 e. The van der Waals surface area contributed by atoms with E-state index >= 15 is 0 Å². The van der Waals surface area contributed by atoms with Gasteiger partial charge in [0, 0.05) is 17.5 Å². The number of benzene rings is 2. The van der Waals surface area contributed by atoms with E-state index in [-0.39, 0.29) is 10.6 Å². The topological polar surface area (TPSA) is 101 Å². The molecule has 0 saturated carbocycles. The molecule has 1 amide bonds. The lowest BCUT2D eigenvalue weighted by atomic mass is 10.2. The fraction of sp³-hybridized carbons (Fsp3) is 0.200. The Labute approximate surface area is 163 Å². The number of amides is 1. The minimum atomic E-state index is -3.40. The van der Waals surface area contributed by atoms with E-state index in [1.807, 2.05) is 0 Å². The number of imidazole rings is 1. The molecule has 0 aliphatic heterocycles. The molecule has 2 aromatic carbocycles. The summed E-state index contributed by atoms with van der Waals surface area (Å²) in [4.78, 5) is 27.5. The van der Waals surface area contributed by atoms with Crippen LogP contribution in [0.3, 0.4) is 0 Å². The summed E-state index contributed by atoms with van der Waals surface area (Å²) in [6.07, 6.45) is 1.59. The number of H-pyrrole nitrogens is 1. The van der Waals surface area contributed by atoms with Crippen LogP contribution in [0, 0.1) is 6.92 Å². The molecule has 0 saturated heterocycles. The largest absolute Gasteiger partial charge is 0.330 e. The average Bonchev–Trinajstić information content (AvgIpc) is 3.00. The highest BCUT2D eigenvalue weighted by atomic mass is 32.2. The van der Waals surface area contributed by atoms with E-state index in [4.69, 9.17) is 0 Å². The van der Waals surface area contributed by atoms with E-state index in [9.17, 15) is 18.0 Å². The molecule has 0 bridgehead atoms. The molecule has 0 radical (unpaired) electrons. The number of aryl methyl sites for hydroxylation is 1. The van der Waals surface area contributed by atoms with Crippen LogP contribution in [0.5, 0.6) is 0 Å². The molecule has 0 aliphatic rings. The highest BCUT2D eigenvalue weighted by Gasteiger charge is 2.19. The Morgan fingerprint density at radius 1 is 1.07 bits per heavy atom. The highest BCUT2D eigenvalue weighted by Crippen LogP contribution is 2.22. The average molecular weight is 399 g/mol. The molecule has 2 N–H and O–H groups in total. The second-order valence-electron chi connectivity index (χ2n) is 6.66. The molecule has 8 heteroatoms. The molecular formula is C20H21N3O4S. The number of carbonyl (C=O) groups is 1. The van der Waals surface area contributed by atoms with Gasteiger partial charge in [0.1, 0.15) is 0 Å². The minimum absolute atomic E-state index is 0.175. The second-order valence-corrected chi connectivity index (χ2v) is 9.16. The summed E-state index contributed by atoms with van der Waals surface area (Å²) >= 11 is 0. The maximum Gasteiger partial charge on any atom is 0.330 e. The van der Waals surface area contributed by atoms with Crippen LogP contribution in [-0.4, -0.2) is 29.1 Å². The van der Waals surface area contributed by atoms with Crippen molar-refractivity contribution in [3.05, 3.63) is 76.5 Å². The zero-order valence-corrected chi connectivity index (χ0v) is 16.6. The molecule has 1 heterocycles. The van der Waals surface area contributed by atoms with Crippen molar-refractivity contribution in [1.29, 1.82) is 0 Å². The molecule has 0 fully saturated rings. The van der Waals surface area contributed by atoms with E-state index in [1.54, 1.807) is 51.2 Å². The van der Waals surface area contributed by atoms with E-state index in [0.29, 0.717) is 22.6 Å². The normalized spacial score (nSPS) is 11.6.